The Balaban J connectivity index is 1.20. The highest BCUT2D eigenvalue weighted by Crippen LogP contribution is 2.36. The molecule has 2 aliphatic rings. The molecule has 1 spiro atoms. The van der Waals surface area contributed by atoms with Gasteiger partial charge in [0.05, 0.1) is 17.1 Å². The van der Waals surface area contributed by atoms with Crippen LogP contribution in [0.15, 0.2) is 47.8 Å². The lowest BCUT2D eigenvalue weighted by molar-refractivity contribution is -0.0151. The first-order valence-corrected chi connectivity index (χ1v) is 12.6. The third kappa shape index (κ3) is 5.98. The zero-order valence-electron chi connectivity index (χ0n) is 18.7. The largest absolute Gasteiger partial charge is 0.491 e. The van der Waals surface area contributed by atoms with Crippen molar-refractivity contribution in [3.63, 3.8) is 0 Å². The fourth-order valence-corrected chi connectivity index (χ4v) is 5.11. The molecule has 2 atom stereocenters. The number of piperidine rings is 1. The molecule has 2 fully saturated rings. The van der Waals surface area contributed by atoms with E-state index in [1.165, 1.54) is 19.2 Å². The van der Waals surface area contributed by atoms with Crippen molar-refractivity contribution in [3.05, 3.63) is 42.9 Å². The number of anilines is 1. The van der Waals surface area contributed by atoms with E-state index in [-0.39, 0.29) is 23.1 Å². The zero-order valence-corrected chi connectivity index (χ0v) is 19.5. The Labute approximate surface area is 194 Å². The van der Waals surface area contributed by atoms with E-state index in [4.69, 9.17) is 9.47 Å². The second kappa shape index (κ2) is 10.3. The molecule has 1 aromatic heterocycles. The van der Waals surface area contributed by atoms with E-state index in [0.717, 1.165) is 38.2 Å². The monoisotopic (exact) mass is 477 g/mol. The summed E-state index contributed by atoms with van der Waals surface area (Å²) in [5.41, 5.74) is -0.123. The molecule has 4 rings (SSSR count). The number of hydrogen-bond donors (Lipinski definition) is 3. The molecule has 180 valence electrons. The first-order chi connectivity index (χ1) is 15.9. The standard InChI is InChI=1S/C22H31N5O5S/c1-23-33(29,30)20-4-2-3-19(11-20)31-15-18(28)13-25-17-12-22(32-14-17)6-9-27(10-7-22)21-5-8-24-16-26-21/h2-5,8,11,16-18,23,25,28H,6-7,9-10,12-15H2,1H3. The van der Waals surface area contributed by atoms with Crippen LogP contribution in [-0.2, 0) is 14.8 Å². The first kappa shape index (κ1) is 23.8. The average molecular weight is 478 g/mol. The number of aliphatic hydroxyl groups excluding tert-OH is 1. The van der Waals surface area contributed by atoms with Gasteiger partial charge in [0, 0.05) is 37.9 Å². The number of nitrogens with one attached hydrogen (secondary N) is 2. The van der Waals surface area contributed by atoms with Crippen LogP contribution in [0.1, 0.15) is 19.3 Å². The summed E-state index contributed by atoms with van der Waals surface area (Å²) in [6.45, 7) is 2.82. The van der Waals surface area contributed by atoms with Crippen molar-refractivity contribution < 1.29 is 23.0 Å². The summed E-state index contributed by atoms with van der Waals surface area (Å²) in [4.78, 5) is 10.7. The number of benzene rings is 1. The van der Waals surface area contributed by atoms with Crippen molar-refractivity contribution in [3.8, 4) is 5.75 Å². The van der Waals surface area contributed by atoms with E-state index < -0.39 is 16.1 Å². The van der Waals surface area contributed by atoms with Crippen LogP contribution < -0.4 is 19.7 Å². The van der Waals surface area contributed by atoms with Crippen LogP contribution in [0, 0.1) is 0 Å². The molecule has 0 saturated carbocycles. The highest BCUT2D eigenvalue weighted by Gasteiger charge is 2.42. The Hall–Kier alpha value is -2.31. The van der Waals surface area contributed by atoms with Gasteiger partial charge in [0.1, 0.15) is 30.6 Å². The smallest absolute Gasteiger partial charge is 0.240 e. The van der Waals surface area contributed by atoms with Gasteiger partial charge in [0.2, 0.25) is 10.0 Å². The van der Waals surface area contributed by atoms with E-state index in [9.17, 15) is 13.5 Å². The van der Waals surface area contributed by atoms with Crippen molar-refractivity contribution in [2.45, 2.75) is 41.9 Å². The molecule has 2 saturated heterocycles. The van der Waals surface area contributed by atoms with E-state index in [1.807, 2.05) is 6.07 Å². The SMILES string of the molecule is CNS(=O)(=O)c1cccc(OCC(O)CNC2COC3(CCN(c4ccncn4)CC3)C2)c1. The Bertz CT molecular complexity index is 1010. The maximum Gasteiger partial charge on any atom is 0.240 e. The third-order valence-corrected chi connectivity index (χ3v) is 7.66. The minimum absolute atomic E-state index is 0.0582. The molecule has 2 unspecified atom stereocenters. The number of hydrogen-bond acceptors (Lipinski definition) is 9. The zero-order chi connectivity index (χ0) is 23.3. The van der Waals surface area contributed by atoms with Gasteiger partial charge in [-0.25, -0.2) is 23.1 Å². The molecule has 0 bridgehead atoms. The van der Waals surface area contributed by atoms with Gasteiger partial charge < -0.3 is 24.8 Å². The summed E-state index contributed by atoms with van der Waals surface area (Å²) in [5.74, 6) is 1.34. The molecule has 3 heterocycles. The summed E-state index contributed by atoms with van der Waals surface area (Å²) in [6, 6.07) is 8.30. The number of aromatic nitrogens is 2. The molecule has 33 heavy (non-hydrogen) atoms. The van der Waals surface area contributed by atoms with Crippen molar-refractivity contribution in [2.24, 2.45) is 0 Å². The number of sulfonamides is 1. The summed E-state index contributed by atoms with van der Waals surface area (Å²) >= 11 is 0. The second-order valence-corrected chi connectivity index (χ2v) is 10.4. The minimum atomic E-state index is -3.54. The molecular weight excluding hydrogens is 446 g/mol. The number of nitrogens with zero attached hydrogens (tertiary/aromatic N) is 3. The number of rotatable bonds is 9. The predicted molar refractivity (Wildman–Crippen MR) is 123 cm³/mol. The van der Waals surface area contributed by atoms with Crippen LogP contribution in [0.25, 0.3) is 0 Å². The Kier molecular flexibility index (Phi) is 7.45. The van der Waals surface area contributed by atoms with Gasteiger partial charge in [-0.3, -0.25) is 0 Å². The van der Waals surface area contributed by atoms with Crippen LogP contribution in [0.3, 0.4) is 0 Å². The molecule has 2 aliphatic heterocycles. The molecule has 10 nitrogen and oxygen atoms in total. The van der Waals surface area contributed by atoms with Gasteiger partial charge in [-0.2, -0.15) is 0 Å². The lowest BCUT2D eigenvalue weighted by Gasteiger charge is -2.39. The average Bonchev–Trinajstić information content (AvgIpc) is 3.25. The lowest BCUT2D eigenvalue weighted by atomic mass is 9.87. The molecule has 3 N–H and O–H groups in total. The highest BCUT2D eigenvalue weighted by molar-refractivity contribution is 7.89. The lowest BCUT2D eigenvalue weighted by Crippen LogP contribution is -2.45. The summed E-state index contributed by atoms with van der Waals surface area (Å²) < 4.78 is 37.9. The van der Waals surface area contributed by atoms with E-state index >= 15 is 0 Å². The molecule has 0 amide bonds. The van der Waals surface area contributed by atoms with E-state index in [1.54, 1.807) is 24.7 Å². The maximum atomic E-state index is 11.9. The Morgan fingerprint density at radius 3 is 2.88 bits per heavy atom. The first-order valence-electron chi connectivity index (χ1n) is 11.1. The molecule has 2 aromatic rings. The summed E-state index contributed by atoms with van der Waals surface area (Å²) in [6.07, 6.45) is 5.38. The fourth-order valence-electron chi connectivity index (χ4n) is 4.34. The van der Waals surface area contributed by atoms with Crippen LogP contribution in [-0.4, -0.2) is 81.1 Å². The third-order valence-electron chi connectivity index (χ3n) is 6.24. The van der Waals surface area contributed by atoms with Gasteiger partial charge in [0.25, 0.3) is 0 Å². The predicted octanol–water partition coefficient (Wildman–Crippen LogP) is 0.542. The second-order valence-electron chi connectivity index (χ2n) is 8.51. The van der Waals surface area contributed by atoms with Crippen molar-refractivity contribution >= 4 is 15.8 Å². The molecular formula is C22H31N5O5S. The van der Waals surface area contributed by atoms with Crippen molar-refractivity contribution in [2.75, 3.05) is 44.8 Å². The Morgan fingerprint density at radius 2 is 2.15 bits per heavy atom. The maximum absolute atomic E-state index is 11.9. The van der Waals surface area contributed by atoms with Crippen LogP contribution in [0.2, 0.25) is 0 Å². The van der Waals surface area contributed by atoms with Gasteiger partial charge in [0.15, 0.2) is 0 Å². The van der Waals surface area contributed by atoms with Gasteiger partial charge in [-0.05, 0) is 44.5 Å². The normalized spacial score (nSPS) is 21.3. The van der Waals surface area contributed by atoms with Gasteiger partial charge >= 0.3 is 0 Å². The van der Waals surface area contributed by atoms with Crippen LogP contribution >= 0.6 is 0 Å². The summed E-state index contributed by atoms with van der Waals surface area (Å²) in [7, 11) is -2.18. The highest BCUT2D eigenvalue weighted by atomic mass is 32.2. The topological polar surface area (TPSA) is 126 Å². The van der Waals surface area contributed by atoms with Gasteiger partial charge in [-0.1, -0.05) is 6.07 Å². The molecule has 0 aliphatic carbocycles. The summed E-state index contributed by atoms with van der Waals surface area (Å²) in [5, 5.41) is 13.7. The van der Waals surface area contributed by atoms with Crippen LogP contribution in [0.4, 0.5) is 5.82 Å². The minimum Gasteiger partial charge on any atom is -0.491 e. The quantitative estimate of drug-likeness (QED) is 0.474. The Morgan fingerprint density at radius 1 is 1.33 bits per heavy atom. The van der Waals surface area contributed by atoms with Crippen molar-refractivity contribution in [1.29, 1.82) is 0 Å². The fraction of sp³-hybridized carbons (Fsp3) is 0.545. The van der Waals surface area contributed by atoms with Crippen molar-refractivity contribution in [1.82, 2.24) is 20.0 Å². The van der Waals surface area contributed by atoms with E-state index in [0.29, 0.717) is 18.9 Å². The molecule has 0 radical (unpaired) electrons. The van der Waals surface area contributed by atoms with Gasteiger partial charge in [-0.15, -0.1) is 0 Å². The van der Waals surface area contributed by atoms with E-state index in [2.05, 4.69) is 24.9 Å². The number of ether oxygens (including phenoxy) is 2. The molecule has 1 aromatic carbocycles. The number of aliphatic hydroxyl groups is 1. The molecule has 11 heteroatoms. The van der Waals surface area contributed by atoms with Crippen LogP contribution in [0.5, 0.6) is 5.75 Å².